The Morgan fingerprint density at radius 3 is 2.37 bits per heavy atom. The van der Waals surface area contributed by atoms with E-state index in [1.165, 1.54) is 25.4 Å². The fraction of sp³-hybridized carbons (Fsp3) is 0.115. The Hall–Kier alpha value is -4.79. The maximum absolute atomic E-state index is 12.6. The van der Waals surface area contributed by atoms with Gasteiger partial charge in [-0.05, 0) is 35.4 Å². The number of amides is 2. The van der Waals surface area contributed by atoms with Gasteiger partial charge >= 0.3 is 5.97 Å². The Labute approximate surface area is 202 Å². The molecule has 0 radical (unpaired) electrons. The Balaban J connectivity index is 0.00000210. The molecule has 0 fully saturated rings. The number of nitrogens with one attached hydrogen (secondary N) is 2. The zero-order valence-corrected chi connectivity index (χ0v) is 19.2. The van der Waals surface area contributed by atoms with Crippen LogP contribution in [0.25, 0.3) is 22.0 Å². The van der Waals surface area contributed by atoms with Crippen LogP contribution in [0.3, 0.4) is 0 Å². The number of hydrogen-bond acceptors (Lipinski definition) is 6. The second-order valence-electron chi connectivity index (χ2n) is 6.99. The maximum atomic E-state index is 12.6. The Morgan fingerprint density at radius 1 is 0.971 bits per heavy atom. The summed E-state index contributed by atoms with van der Waals surface area (Å²) in [4.78, 5) is 51.7. The molecule has 0 bridgehead atoms. The molecule has 0 aliphatic rings. The normalized spacial score (nSPS) is 9.86. The summed E-state index contributed by atoms with van der Waals surface area (Å²) in [6.07, 6.45) is 1.48. The van der Waals surface area contributed by atoms with Gasteiger partial charge in [0.25, 0.3) is 5.91 Å². The fourth-order valence-electron chi connectivity index (χ4n) is 3.07. The van der Waals surface area contributed by atoms with Crippen molar-refractivity contribution in [1.82, 2.24) is 15.6 Å². The second kappa shape index (κ2) is 12.4. The summed E-state index contributed by atoms with van der Waals surface area (Å²) < 4.78 is 4.70. The number of carboxylic acids is 1. The first-order valence-electron chi connectivity index (χ1n) is 10.3. The standard InChI is InChI=1S/C24H21N3O6.C2H4/c1-14(33-2)21(28)12-26-22(29)13-27-23(30)19-8-9-25-20-11-16(6-7-18(19)20)15-4-3-5-17(10-15)24(31)32;1-2/h3-11H,1,12-13H2,2H3,(H,26,29)(H,27,30)(H,31,32);1-2H2. The molecule has 0 unspecified atom stereocenters. The van der Waals surface area contributed by atoms with Crippen LogP contribution in [0.4, 0.5) is 0 Å². The molecule has 2 amide bonds. The van der Waals surface area contributed by atoms with Gasteiger partial charge in [-0.2, -0.15) is 0 Å². The molecule has 1 aromatic heterocycles. The van der Waals surface area contributed by atoms with Crippen LogP contribution >= 0.6 is 0 Å². The molecule has 0 saturated carbocycles. The number of methoxy groups -OCH3 is 1. The molecule has 1 heterocycles. The van der Waals surface area contributed by atoms with Crippen molar-refractivity contribution in [3.05, 3.63) is 91.4 Å². The van der Waals surface area contributed by atoms with Crippen LogP contribution in [-0.4, -0.2) is 53.9 Å². The topological polar surface area (TPSA) is 135 Å². The number of benzene rings is 2. The van der Waals surface area contributed by atoms with Gasteiger partial charge in [0.1, 0.15) is 0 Å². The highest BCUT2D eigenvalue weighted by molar-refractivity contribution is 6.07. The number of ketones is 1. The third kappa shape index (κ3) is 6.84. The highest BCUT2D eigenvalue weighted by atomic mass is 16.5. The summed E-state index contributed by atoms with van der Waals surface area (Å²) in [6.45, 7) is 8.80. The predicted molar refractivity (Wildman–Crippen MR) is 132 cm³/mol. The minimum Gasteiger partial charge on any atom is -0.494 e. The highest BCUT2D eigenvalue weighted by Crippen LogP contribution is 2.26. The Kier molecular flexibility index (Phi) is 9.41. The van der Waals surface area contributed by atoms with E-state index in [1.807, 2.05) is 0 Å². The van der Waals surface area contributed by atoms with Crippen LogP contribution in [0.5, 0.6) is 0 Å². The number of carbonyl (C=O) groups excluding carboxylic acids is 3. The number of pyridine rings is 1. The van der Waals surface area contributed by atoms with Crippen molar-refractivity contribution in [3.8, 4) is 11.1 Å². The third-order valence-electron chi connectivity index (χ3n) is 4.84. The van der Waals surface area contributed by atoms with Gasteiger partial charge in [0.2, 0.25) is 11.7 Å². The summed E-state index contributed by atoms with van der Waals surface area (Å²) in [5, 5.41) is 14.7. The van der Waals surface area contributed by atoms with Gasteiger partial charge in [-0.25, -0.2) is 4.79 Å². The quantitative estimate of drug-likeness (QED) is 0.246. The summed E-state index contributed by atoms with van der Waals surface area (Å²) in [5.74, 6) is -2.59. The lowest BCUT2D eigenvalue weighted by Gasteiger charge is -2.10. The summed E-state index contributed by atoms with van der Waals surface area (Å²) in [7, 11) is 1.30. The molecule has 3 rings (SSSR count). The summed E-state index contributed by atoms with van der Waals surface area (Å²) in [6, 6.07) is 13.3. The number of fused-ring (bicyclic) bond motifs is 1. The van der Waals surface area contributed by atoms with Crippen molar-refractivity contribution >= 4 is 34.5 Å². The number of Topliss-reactive ketones (excluding diaryl/α,β-unsaturated/α-hetero) is 1. The number of nitrogens with zero attached hydrogens (tertiary/aromatic N) is 1. The molecule has 35 heavy (non-hydrogen) atoms. The molecular weight excluding hydrogens is 450 g/mol. The minimum atomic E-state index is -1.02. The van der Waals surface area contributed by atoms with Crippen molar-refractivity contribution < 1.29 is 29.0 Å². The molecule has 2 aromatic carbocycles. The molecule has 180 valence electrons. The van der Waals surface area contributed by atoms with Crippen LogP contribution in [-0.2, 0) is 14.3 Å². The fourth-order valence-corrected chi connectivity index (χ4v) is 3.07. The van der Waals surface area contributed by atoms with Crippen molar-refractivity contribution in [3.63, 3.8) is 0 Å². The van der Waals surface area contributed by atoms with E-state index in [4.69, 9.17) is 4.74 Å². The van der Waals surface area contributed by atoms with E-state index in [9.17, 15) is 24.3 Å². The van der Waals surface area contributed by atoms with E-state index in [1.54, 1.807) is 36.4 Å². The molecule has 0 atom stereocenters. The lowest BCUT2D eigenvalue weighted by molar-refractivity contribution is -0.124. The number of ether oxygens (including phenoxy) is 1. The number of hydrogen-bond donors (Lipinski definition) is 3. The van der Waals surface area contributed by atoms with Gasteiger partial charge in [0.15, 0.2) is 5.76 Å². The molecule has 3 aromatic rings. The van der Waals surface area contributed by atoms with E-state index in [2.05, 4.69) is 35.4 Å². The van der Waals surface area contributed by atoms with Crippen LogP contribution in [0, 0.1) is 0 Å². The number of aromatic carboxylic acids is 1. The van der Waals surface area contributed by atoms with Gasteiger partial charge in [-0.15, -0.1) is 13.2 Å². The Morgan fingerprint density at radius 2 is 1.69 bits per heavy atom. The second-order valence-corrected chi connectivity index (χ2v) is 6.99. The van der Waals surface area contributed by atoms with Crippen LogP contribution in [0.15, 0.2) is 80.2 Å². The molecule has 0 saturated heterocycles. The monoisotopic (exact) mass is 475 g/mol. The van der Waals surface area contributed by atoms with E-state index in [-0.39, 0.29) is 24.4 Å². The van der Waals surface area contributed by atoms with E-state index in [0.29, 0.717) is 22.0 Å². The van der Waals surface area contributed by atoms with Crippen LogP contribution < -0.4 is 10.6 Å². The number of carbonyl (C=O) groups is 4. The van der Waals surface area contributed by atoms with Gasteiger partial charge < -0.3 is 20.5 Å². The van der Waals surface area contributed by atoms with E-state index in [0.717, 1.165) is 5.56 Å². The summed E-state index contributed by atoms with van der Waals surface area (Å²) in [5.41, 5.74) is 2.48. The number of aromatic nitrogens is 1. The van der Waals surface area contributed by atoms with Crippen LogP contribution in [0.1, 0.15) is 20.7 Å². The molecule has 9 heteroatoms. The van der Waals surface area contributed by atoms with Gasteiger partial charge in [0, 0.05) is 11.6 Å². The van der Waals surface area contributed by atoms with Crippen molar-refractivity contribution in [1.29, 1.82) is 0 Å². The van der Waals surface area contributed by atoms with E-state index >= 15 is 0 Å². The number of rotatable bonds is 9. The third-order valence-corrected chi connectivity index (χ3v) is 4.84. The van der Waals surface area contributed by atoms with Crippen molar-refractivity contribution in [2.45, 2.75) is 0 Å². The zero-order valence-electron chi connectivity index (χ0n) is 19.2. The first-order chi connectivity index (χ1) is 16.8. The van der Waals surface area contributed by atoms with Gasteiger partial charge in [0.05, 0.1) is 36.8 Å². The van der Waals surface area contributed by atoms with Gasteiger partial charge in [-0.3, -0.25) is 19.4 Å². The molecule has 0 spiro atoms. The zero-order chi connectivity index (χ0) is 26.0. The average molecular weight is 476 g/mol. The molecule has 9 nitrogen and oxygen atoms in total. The SMILES string of the molecule is C=C.C=C(OC)C(=O)CNC(=O)CNC(=O)c1ccnc2cc(-c3cccc(C(=O)O)c3)ccc12. The lowest BCUT2D eigenvalue weighted by atomic mass is 10.00. The molecular formula is C26H25N3O6. The first kappa shape index (κ1) is 26.5. The highest BCUT2D eigenvalue weighted by Gasteiger charge is 2.14. The Bertz CT molecular complexity index is 1290. The lowest BCUT2D eigenvalue weighted by Crippen LogP contribution is -2.39. The maximum Gasteiger partial charge on any atom is 0.335 e. The predicted octanol–water partition coefficient (Wildman–Crippen LogP) is 2.98. The van der Waals surface area contributed by atoms with Gasteiger partial charge in [-0.1, -0.05) is 30.8 Å². The van der Waals surface area contributed by atoms with Crippen molar-refractivity contribution in [2.75, 3.05) is 20.2 Å². The first-order valence-corrected chi connectivity index (χ1v) is 10.3. The number of carboxylic acid groups (broad SMARTS) is 1. The molecule has 3 N–H and O–H groups in total. The molecule has 0 aliphatic carbocycles. The molecule has 0 aliphatic heterocycles. The average Bonchev–Trinajstić information content (AvgIpc) is 2.90. The van der Waals surface area contributed by atoms with Crippen LogP contribution in [0.2, 0.25) is 0 Å². The minimum absolute atomic E-state index is 0.0725. The van der Waals surface area contributed by atoms with Crippen molar-refractivity contribution in [2.24, 2.45) is 0 Å². The summed E-state index contributed by atoms with van der Waals surface area (Å²) >= 11 is 0. The van der Waals surface area contributed by atoms with E-state index < -0.39 is 23.6 Å². The largest absolute Gasteiger partial charge is 0.494 e. The smallest absolute Gasteiger partial charge is 0.335 e.